The summed E-state index contributed by atoms with van der Waals surface area (Å²) < 4.78 is 36.6. The summed E-state index contributed by atoms with van der Waals surface area (Å²) in [7, 11) is 0. The van der Waals surface area contributed by atoms with E-state index >= 15 is 0 Å². The summed E-state index contributed by atoms with van der Waals surface area (Å²) in [6.45, 7) is 7.21. The molecule has 0 aliphatic carbocycles. The molecule has 1 aliphatic rings. The number of carbonyl (C=O) groups is 1. The number of hydrogen-bond donors (Lipinski definition) is 1. The van der Waals surface area contributed by atoms with Crippen molar-refractivity contribution in [3.8, 4) is 5.69 Å². The van der Waals surface area contributed by atoms with Crippen LogP contribution in [-0.2, 0) is 11.3 Å². The van der Waals surface area contributed by atoms with Crippen LogP contribution in [-0.4, -0.2) is 50.7 Å². The molecule has 4 aromatic rings. The zero-order valence-corrected chi connectivity index (χ0v) is 23.8. The third kappa shape index (κ3) is 6.35. The molecule has 1 aromatic carbocycles. The fourth-order valence-electron chi connectivity index (χ4n) is 4.98. The molecule has 216 valence electrons. The van der Waals surface area contributed by atoms with E-state index in [1.54, 1.807) is 18.3 Å². The van der Waals surface area contributed by atoms with E-state index in [2.05, 4.69) is 20.3 Å². The van der Waals surface area contributed by atoms with E-state index in [4.69, 9.17) is 16.3 Å². The molecular weight excluding hydrogens is 554 g/mol. The van der Waals surface area contributed by atoms with Gasteiger partial charge in [-0.1, -0.05) is 17.7 Å². The van der Waals surface area contributed by atoms with Gasteiger partial charge in [-0.15, -0.1) is 0 Å². The van der Waals surface area contributed by atoms with Crippen LogP contribution in [0.4, 0.5) is 19.4 Å². The Morgan fingerprint density at radius 1 is 1.20 bits per heavy atom. The van der Waals surface area contributed by atoms with Gasteiger partial charge in [0, 0.05) is 37.5 Å². The summed E-state index contributed by atoms with van der Waals surface area (Å²) in [5.74, 6) is -0.511. The Morgan fingerprint density at radius 3 is 2.68 bits per heavy atom. The Kier molecular flexibility index (Phi) is 7.99. The molecule has 0 radical (unpaired) electrons. The third-order valence-electron chi connectivity index (χ3n) is 6.94. The Balaban J connectivity index is 1.36. The second kappa shape index (κ2) is 11.5. The molecule has 1 saturated heterocycles. The number of amides is 1. The summed E-state index contributed by atoms with van der Waals surface area (Å²) in [5.41, 5.74) is -0.185. The van der Waals surface area contributed by atoms with E-state index in [9.17, 15) is 18.4 Å². The number of carbonyl (C=O) groups excluding carboxylic acids is 1. The summed E-state index contributed by atoms with van der Waals surface area (Å²) in [6.07, 6.45) is 5.87. The predicted octanol–water partition coefficient (Wildman–Crippen LogP) is 5.30. The average Bonchev–Trinajstić information content (AvgIpc) is 3.33. The number of pyridine rings is 2. The molecule has 5 rings (SSSR count). The van der Waals surface area contributed by atoms with Gasteiger partial charge < -0.3 is 15.0 Å². The van der Waals surface area contributed by atoms with Crippen molar-refractivity contribution < 1.29 is 18.3 Å². The second-order valence-electron chi connectivity index (χ2n) is 11.1. The zero-order valence-electron chi connectivity index (χ0n) is 23.0. The first kappa shape index (κ1) is 28.5. The van der Waals surface area contributed by atoms with Crippen molar-refractivity contribution in [3.05, 3.63) is 81.5 Å². The molecule has 0 spiro atoms. The number of nitrogens with zero attached hydrogens (tertiary/aromatic N) is 5. The lowest BCUT2D eigenvalue weighted by Crippen LogP contribution is -2.42. The number of aromatic nitrogens is 4. The van der Waals surface area contributed by atoms with Crippen LogP contribution >= 0.6 is 11.6 Å². The van der Waals surface area contributed by atoms with E-state index in [0.717, 1.165) is 19.4 Å². The van der Waals surface area contributed by atoms with E-state index in [1.165, 1.54) is 39.8 Å². The molecule has 41 heavy (non-hydrogen) atoms. The Morgan fingerprint density at radius 2 is 1.95 bits per heavy atom. The maximum absolute atomic E-state index is 14.2. The number of halogens is 3. The number of ether oxygens (including phenoxy) is 1. The number of piperidine rings is 1. The van der Waals surface area contributed by atoms with Crippen LogP contribution < -0.4 is 15.8 Å². The average molecular weight is 585 g/mol. The molecule has 0 saturated carbocycles. The van der Waals surface area contributed by atoms with Gasteiger partial charge in [0.15, 0.2) is 0 Å². The first-order valence-corrected chi connectivity index (χ1v) is 13.8. The Labute approximate surface area is 240 Å². The van der Waals surface area contributed by atoms with Crippen molar-refractivity contribution in [2.75, 3.05) is 24.5 Å². The van der Waals surface area contributed by atoms with Crippen molar-refractivity contribution in [2.24, 2.45) is 5.92 Å². The number of anilines is 1. The maximum atomic E-state index is 14.2. The smallest absolute Gasteiger partial charge is 0.407 e. The van der Waals surface area contributed by atoms with Crippen molar-refractivity contribution in [1.29, 1.82) is 0 Å². The van der Waals surface area contributed by atoms with Crippen molar-refractivity contribution in [1.82, 2.24) is 24.6 Å². The molecule has 1 aliphatic heterocycles. The monoisotopic (exact) mass is 584 g/mol. The minimum Gasteiger partial charge on any atom is -0.444 e. The SMILES string of the molecule is CC(C)(C)OC(=O)NCC1CCCN(c2cc(-n3ccc4c(cnn4Cc4c(F)cccc4F)c3=O)c(Cl)cn2)C1. The van der Waals surface area contributed by atoms with E-state index < -0.39 is 23.3 Å². The lowest BCUT2D eigenvalue weighted by Gasteiger charge is -2.34. The van der Waals surface area contributed by atoms with Gasteiger partial charge in [0.05, 0.1) is 40.6 Å². The molecule has 1 unspecified atom stereocenters. The van der Waals surface area contributed by atoms with Crippen molar-refractivity contribution >= 4 is 34.4 Å². The van der Waals surface area contributed by atoms with Crippen molar-refractivity contribution in [2.45, 2.75) is 45.8 Å². The van der Waals surface area contributed by atoms with Gasteiger partial charge in [-0.2, -0.15) is 5.10 Å². The molecule has 0 bridgehead atoms. The van der Waals surface area contributed by atoms with Crippen LogP contribution in [0.5, 0.6) is 0 Å². The fraction of sp³-hybridized carbons (Fsp3) is 0.379. The van der Waals surface area contributed by atoms with Crippen LogP contribution in [0.1, 0.15) is 39.2 Å². The van der Waals surface area contributed by atoms with E-state index in [0.29, 0.717) is 30.1 Å². The topological polar surface area (TPSA) is 94.3 Å². The molecule has 3 aromatic heterocycles. The van der Waals surface area contributed by atoms with Gasteiger partial charge in [0.2, 0.25) is 0 Å². The predicted molar refractivity (Wildman–Crippen MR) is 153 cm³/mol. The highest BCUT2D eigenvalue weighted by molar-refractivity contribution is 6.32. The van der Waals surface area contributed by atoms with Gasteiger partial charge in [0.1, 0.15) is 23.1 Å². The molecule has 9 nitrogen and oxygen atoms in total. The van der Waals surface area contributed by atoms with Crippen LogP contribution in [0.2, 0.25) is 5.02 Å². The number of benzene rings is 1. The second-order valence-corrected chi connectivity index (χ2v) is 11.5. The van der Waals surface area contributed by atoms with Gasteiger partial charge in [-0.05, 0) is 57.7 Å². The van der Waals surface area contributed by atoms with Crippen LogP contribution in [0, 0.1) is 17.6 Å². The van der Waals surface area contributed by atoms with Crippen molar-refractivity contribution in [3.63, 3.8) is 0 Å². The fourth-order valence-corrected chi connectivity index (χ4v) is 5.18. The largest absolute Gasteiger partial charge is 0.444 e. The molecule has 1 amide bonds. The highest BCUT2D eigenvalue weighted by atomic mass is 35.5. The molecular formula is C29H31ClF2N6O3. The first-order chi connectivity index (χ1) is 19.5. The van der Waals surface area contributed by atoms with Crippen LogP contribution in [0.3, 0.4) is 0 Å². The van der Waals surface area contributed by atoms with Crippen LogP contribution in [0.15, 0.2) is 53.7 Å². The van der Waals surface area contributed by atoms with Gasteiger partial charge in [-0.25, -0.2) is 18.6 Å². The lowest BCUT2D eigenvalue weighted by molar-refractivity contribution is 0.0517. The first-order valence-electron chi connectivity index (χ1n) is 13.4. The summed E-state index contributed by atoms with van der Waals surface area (Å²) in [6, 6.07) is 7.09. The summed E-state index contributed by atoms with van der Waals surface area (Å²) >= 11 is 6.50. The molecule has 4 heterocycles. The molecule has 1 fully saturated rings. The highest BCUT2D eigenvalue weighted by Crippen LogP contribution is 2.27. The lowest BCUT2D eigenvalue weighted by atomic mass is 9.98. The molecule has 1 atom stereocenters. The zero-order chi connectivity index (χ0) is 29.3. The van der Waals surface area contributed by atoms with E-state index in [-0.39, 0.29) is 34.0 Å². The van der Waals surface area contributed by atoms with Crippen LogP contribution in [0.25, 0.3) is 16.6 Å². The number of hydrogen-bond acceptors (Lipinski definition) is 6. The number of fused-ring (bicyclic) bond motifs is 1. The standard InChI is InChI=1S/C29H31ClF2N6O3/c1-29(2,3)41-28(40)34-13-18-6-5-10-36(16-18)26-12-25(21(30)15-33-26)37-11-9-24-19(27(37)39)14-35-38(24)17-20-22(31)7-4-8-23(20)32/h4,7-9,11-12,14-15,18H,5-6,10,13,16-17H2,1-3H3,(H,34,40). The van der Waals surface area contributed by atoms with Gasteiger partial charge >= 0.3 is 6.09 Å². The normalized spacial score (nSPS) is 15.8. The van der Waals surface area contributed by atoms with E-state index in [1.807, 2.05) is 20.8 Å². The minimum atomic E-state index is -0.682. The Bertz CT molecular complexity index is 1630. The third-order valence-corrected chi connectivity index (χ3v) is 7.23. The maximum Gasteiger partial charge on any atom is 0.407 e. The highest BCUT2D eigenvalue weighted by Gasteiger charge is 2.24. The molecule has 12 heteroatoms. The summed E-state index contributed by atoms with van der Waals surface area (Å²) in [4.78, 5) is 32.2. The molecule has 1 N–H and O–H groups in total. The summed E-state index contributed by atoms with van der Waals surface area (Å²) in [5, 5.41) is 7.64. The number of nitrogens with one attached hydrogen (secondary N) is 1. The van der Waals surface area contributed by atoms with Gasteiger partial charge in [-0.3, -0.25) is 14.0 Å². The van der Waals surface area contributed by atoms with Gasteiger partial charge in [0.25, 0.3) is 5.56 Å². The minimum absolute atomic E-state index is 0.135. The quantitative estimate of drug-likeness (QED) is 0.330. The number of rotatable bonds is 6. The number of alkyl carbamates (subject to hydrolysis) is 1. The Hall–Kier alpha value is -3.99.